The second-order valence-electron chi connectivity index (χ2n) is 6.14. The molecule has 0 atom stereocenters. The third-order valence-electron chi connectivity index (χ3n) is 4.08. The van der Waals surface area contributed by atoms with Gasteiger partial charge in [0.25, 0.3) is 5.91 Å². The van der Waals surface area contributed by atoms with E-state index >= 15 is 0 Å². The molecule has 0 bridgehead atoms. The minimum atomic E-state index is -0.391. The van der Waals surface area contributed by atoms with Gasteiger partial charge in [0, 0.05) is 19.8 Å². The molecular weight excluding hydrogens is 358 g/mol. The Kier molecular flexibility index (Phi) is 8.25. The van der Waals surface area contributed by atoms with Crippen molar-refractivity contribution in [3.8, 4) is 11.8 Å². The Morgan fingerprint density at radius 1 is 1.32 bits per heavy atom. The molecule has 0 spiro atoms. The molecule has 0 fully saturated rings. The third kappa shape index (κ3) is 6.25. The molecule has 0 saturated carbocycles. The summed E-state index contributed by atoms with van der Waals surface area (Å²) < 4.78 is 16.1. The van der Waals surface area contributed by atoms with Gasteiger partial charge in [0.1, 0.15) is 29.8 Å². The van der Waals surface area contributed by atoms with Gasteiger partial charge in [-0.1, -0.05) is 17.3 Å². The first-order chi connectivity index (χ1) is 13.5. The largest absolute Gasteiger partial charge is 0.489 e. The number of nitrogens with one attached hydrogen (secondary N) is 1. The number of aromatic nitrogens is 1. The molecule has 1 aromatic heterocycles. The van der Waals surface area contributed by atoms with Crippen molar-refractivity contribution in [1.82, 2.24) is 10.5 Å². The van der Waals surface area contributed by atoms with Crippen molar-refractivity contribution in [3.05, 3.63) is 52.4 Å². The average molecular weight is 383 g/mol. The molecule has 0 saturated heterocycles. The predicted molar refractivity (Wildman–Crippen MR) is 104 cm³/mol. The van der Waals surface area contributed by atoms with Crippen LogP contribution in [0.1, 0.15) is 35.9 Å². The normalized spacial score (nSPS) is 11.1. The lowest BCUT2D eigenvalue weighted by atomic mass is 10.1. The first-order valence-electron chi connectivity index (χ1n) is 9.17. The van der Waals surface area contributed by atoms with E-state index in [-0.39, 0.29) is 5.57 Å². The monoisotopic (exact) mass is 383 g/mol. The lowest BCUT2D eigenvalue weighted by Gasteiger charge is -2.07. The number of ether oxygens (including phenoxy) is 2. The molecule has 148 valence electrons. The number of hydrogen-bond acceptors (Lipinski definition) is 6. The number of nitriles is 1. The van der Waals surface area contributed by atoms with Gasteiger partial charge >= 0.3 is 0 Å². The Morgan fingerprint density at radius 3 is 2.68 bits per heavy atom. The van der Waals surface area contributed by atoms with E-state index in [0.717, 1.165) is 22.6 Å². The van der Waals surface area contributed by atoms with Crippen LogP contribution in [-0.4, -0.2) is 30.8 Å². The Labute approximate surface area is 164 Å². The van der Waals surface area contributed by atoms with Crippen molar-refractivity contribution in [2.45, 2.75) is 33.8 Å². The van der Waals surface area contributed by atoms with Gasteiger partial charge in [-0.3, -0.25) is 4.79 Å². The molecule has 0 radical (unpaired) electrons. The Balaban J connectivity index is 1.91. The number of carbonyl (C=O) groups excluding carboxylic acids is 1. The Hall–Kier alpha value is -3.11. The first kappa shape index (κ1) is 21.2. The minimum Gasteiger partial charge on any atom is -0.489 e. The van der Waals surface area contributed by atoms with E-state index in [4.69, 9.17) is 14.0 Å². The Bertz CT molecular complexity index is 828. The van der Waals surface area contributed by atoms with Gasteiger partial charge in [0.05, 0.1) is 11.3 Å². The summed E-state index contributed by atoms with van der Waals surface area (Å²) in [6.07, 6.45) is 2.26. The van der Waals surface area contributed by atoms with Crippen LogP contribution in [0.2, 0.25) is 0 Å². The van der Waals surface area contributed by atoms with Crippen molar-refractivity contribution in [3.63, 3.8) is 0 Å². The van der Waals surface area contributed by atoms with Crippen LogP contribution in [0.25, 0.3) is 6.08 Å². The molecule has 1 amide bonds. The number of benzene rings is 1. The van der Waals surface area contributed by atoms with Gasteiger partial charge in [-0.25, -0.2) is 0 Å². The number of amides is 1. The van der Waals surface area contributed by atoms with E-state index in [9.17, 15) is 10.1 Å². The highest BCUT2D eigenvalue weighted by molar-refractivity contribution is 6.01. The fourth-order valence-electron chi connectivity index (χ4n) is 2.45. The zero-order valence-corrected chi connectivity index (χ0v) is 16.4. The zero-order chi connectivity index (χ0) is 20.4. The van der Waals surface area contributed by atoms with Crippen LogP contribution in [-0.2, 0) is 16.1 Å². The van der Waals surface area contributed by atoms with E-state index in [1.807, 2.05) is 26.8 Å². The summed E-state index contributed by atoms with van der Waals surface area (Å²) in [5.74, 6) is 1.02. The van der Waals surface area contributed by atoms with E-state index < -0.39 is 5.91 Å². The molecule has 2 rings (SSSR count). The summed E-state index contributed by atoms with van der Waals surface area (Å²) in [4.78, 5) is 12.1. The minimum absolute atomic E-state index is 0.0563. The van der Waals surface area contributed by atoms with Crippen LogP contribution in [0.3, 0.4) is 0 Å². The van der Waals surface area contributed by atoms with Gasteiger partial charge in [0.15, 0.2) is 0 Å². The summed E-state index contributed by atoms with van der Waals surface area (Å²) in [6, 6.07) is 9.11. The van der Waals surface area contributed by atoms with Crippen molar-refractivity contribution in [1.29, 1.82) is 5.26 Å². The highest BCUT2D eigenvalue weighted by Crippen LogP contribution is 2.19. The molecule has 0 aliphatic rings. The van der Waals surface area contributed by atoms with E-state index in [2.05, 4.69) is 10.5 Å². The topological polar surface area (TPSA) is 97.4 Å². The SMILES string of the molecule is CCOCCCNC(=O)/C(C#N)=C/c1ccc(OCc2c(C)noc2C)cc1. The molecular formula is C21H25N3O4. The molecule has 7 nitrogen and oxygen atoms in total. The van der Waals surface area contributed by atoms with Crippen molar-refractivity contribution in [2.75, 3.05) is 19.8 Å². The molecule has 2 aromatic rings. The maximum absolute atomic E-state index is 12.1. The maximum Gasteiger partial charge on any atom is 0.261 e. The molecule has 1 aromatic carbocycles. The molecule has 0 aliphatic heterocycles. The van der Waals surface area contributed by atoms with Gasteiger partial charge in [-0.05, 0) is 51.0 Å². The number of aryl methyl sites for hydroxylation is 2. The van der Waals surface area contributed by atoms with E-state index in [0.29, 0.717) is 38.5 Å². The van der Waals surface area contributed by atoms with Crippen LogP contribution in [0, 0.1) is 25.2 Å². The van der Waals surface area contributed by atoms with Gasteiger partial charge in [-0.2, -0.15) is 5.26 Å². The lowest BCUT2D eigenvalue weighted by molar-refractivity contribution is -0.117. The van der Waals surface area contributed by atoms with Crippen LogP contribution >= 0.6 is 0 Å². The van der Waals surface area contributed by atoms with Crippen LogP contribution in [0.15, 0.2) is 34.4 Å². The van der Waals surface area contributed by atoms with Crippen LogP contribution in [0.4, 0.5) is 0 Å². The number of nitrogens with zero attached hydrogens (tertiary/aromatic N) is 2. The van der Waals surface area contributed by atoms with Gasteiger partial charge in [-0.15, -0.1) is 0 Å². The summed E-state index contributed by atoms with van der Waals surface area (Å²) in [6.45, 7) is 7.69. The smallest absolute Gasteiger partial charge is 0.261 e. The van der Waals surface area contributed by atoms with Crippen LogP contribution in [0.5, 0.6) is 5.75 Å². The zero-order valence-electron chi connectivity index (χ0n) is 16.4. The van der Waals surface area contributed by atoms with Gasteiger partial charge < -0.3 is 19.3 Å². The molecule has 0 unspecified atom stereocenters. The molecule has 1 N–H and O–H groups in total. The average Bonchev–Trinajstić information content (AvgIpc) is 3.02. The van der Waals surface area contributed by atoms with Gasteiger partial charge in [0.2, 0.25) is 0 Å². The van der Waals surface area contributed by atoms with E-state index in [1.165, 1.54) is 0 Å². The molecule has 0 aliphatic carbocycles. The van der Waals surface area contributed by atoms with Crippen LogP contribution < -0.4 is 10.1 Å². The number of carbonyl (C=O) groups is 1. The van der Waals surface area contributed by atoms with Crippen molar-refractivity contribution < 1.29 is 18.8 Å². The Morgan fingerprint density at radius 2 is 2.07 bits per heavy atom. The third-order valence-corrected chi connectivity index (χ3v) is 4.08. The summed E-state index contributed by atoms with van der Waals surface area (Å²) in [5, 5.41) is 15.9. The van der Waals surface area contributed by atoms with Crippen molar-refractivity contribution >= 4 is 12.0 Å². The highest BCUT2D eigenvalue weighted by Gasteiger charge is 2.10. The summed E-state index contributed by atoms with van der Waals surface area (Å²) in [5.41, 5.74) is 2.53. The fourth-order valence-corrected chi connectivity index (χ4v) is 2.45. The van der Waals surface area contributed by atoms with Crippen molar-refractivity contribution in [2.24, 2.45) is 0 Å². The second kappa shape index (κ2) is 10.9. The highest BCUT2D eigenvalue weighted by atomic mass is 16.5. The standard InChI is InChI=1S/C21H25N3O4/c1-4-26-11-5-10-23-21(25)18(13-22)12-17-6-8-19(9-7-17)27-14-20-15(2)24-28-16(20)3/h6-9,12H,4-5,10-11,14H2,1-3H3,(H,23,25)/b18-12+. The van der Waals surface area contributed by atoms with E-state index in [1.54, 1.807) is 30.3 Å². The predicted octanol–water partition coefficient (Wildman–Crippen LogP) is 3.32. The number of hydrogen-bond donors (Lipinski definition) is 1. The first-order valence-corrected chi connectivity index (χ1v) is 9.17. The maximum atomic E-state index is 12.1. The fraction of sp³-hybridized carbons (Fsp3) is 0.381. The second-order valence-corrected chi connectivity index (χ2v) is 6.14. The molecule has 7 heteroatoms. The molecule has 1 heterocycles. The number of rotatable bonds is 10. The lowest BCUT2D eigenvalue weighted by Crippen LogP contribution is -2.26. The summed E-state index contributed by atoms with van der Waals surface area (Å²) in [7, 11) is 0. The molecule has 28 heavy (non-hydrogen) atoms. The quantitative estimate of drug-likeness (QED) is 0.384. The summed E-state index contributed by atoms with van der Waals surface area (Å²) >= 11 is 0.